The van der Waals surface area contributed by atoms with Crippen molar-refractivity contribution in [3.05, 3.63) is 58.5 Å². The summed E-state index contributed by atoms with van der Waals surface area (Å²) in [6, 6.07) is 10.5. The van der Waals surface area contributed by atoms with Crippen molar-refractivity contribution in [2.24, 2.45) is 0 Å². The summed E-state index contributed by atoms with van der Waals surface area (Å²) >= 11 is 6.01. The normalized spacial score (nSPS) is 17.4. The van der Waals surface area contributed by atoms with E-state index in [1.165, 1.54) is 5.56 Å². The Morgan fingerprint density at radius 1 is 1.28 bits per heavy atom. The minimum atomic E-state index is -0.0329. The number of halogens is 1. The third-order valence-corrected chi connectivity index (χ3v) is 5.30. The summed E-state index contributed by atoms with van der Waals surface area (Å²) in [6.45, 7) is 6.00. The third kappa shape index (κ3) is 4.25. The first-order valence-corrected chi connectivity index (χ1v) is 9.30. The van der Waals surface area contributed by atoms with Gasteiger partial charge in [-0.05, 0) is 49.9 Å². The number of likely N-dealkylation sites (tertiary alicyclic amines) is 1. The topological polar surface area (TPSA) is 45.5 Å². The van der Waals surface area contributed by atoms with E-state index in [1.54, 1.807) is 12.3 Å². The van der Waals surface area contributed by atoms with E-state index < -0.39 is 0 Å². The molecule has 1 aliphatic heterocycles. The number of hydrogen-bond acceptors (Lipinski definition) is 3. The van der Waals surface area contributed by atoms with E-state index in [1.807, 2.05) is 19.1 Å². The Bertz CT molecular complexity index is 703. The molecule has 0 radical (unpaired) electrons. The number of nitrogens with one attached hydrogen (secondary N) is 1. The molecule has 1 aromatic carbocycles. The minimum Gasteiger partial charge on any atom is -0.469 e. The van der Waals surface area contributed by atoms with E-state index in [0.717, 1.165) is 37.4 Å². The first-order valence-electron chi connectivity index (χ1n) is 8.93. The lowest BCUT2D eigenvalue weighted by molar-refractivity contribution is 0.0886. The molecule has 4 nitrogen and oxygen atoms in total. The molecule has 1 aliphatic rings. The molecule has 5 heteroatoms. The van der Waals surface area contributed by atoms with E-state index in [0.29, 0.717) is 17.4 Å². The van der Waals surface area contributed by atoms with Gasteiger partial charge in [-0.15, -0.1) is 0 Å². The molecule has 1 amide bonds. The van der Waals surface area contributed by atoms with Crippen molar-refractivity contribution in [3.63, 3.8) is 0 Å². The van der Waals surface area contributed by atoms with Crippen LogP contribution in [0.2, 0.25) is 5.02 Å². The second kappa shape index (κ2) is 8.07. The maximum absolute atomic E-state index is 12.3. The number of furan rings is 1. The van der Waals surface area contributed by atoms with Gasteiger partial charge in [0.2, 0.25) is 0 Å². The molecular weight excluding hydrogens is 336 g/mol. The Hall–Kier alpha value is -1.78. The van der Waals surface area contributed by atoms with Crippen LogP contribution in [-0.4, -0.2) is 29.9 Å². The van der Waals surface area contributed by atoms with Crippen molar-refractivity contribution >= 4 is 17.5 Å². The van der Waals surface area contributed by atoms with Crippen molar-refractivity contribution < 1.29 is 9.21 Å². The third-order valence-electron chi connectivity index (χ3n) is 5.05. The quantitative estimate of drug-likeness (QED) is 0.848. The standard InChI is InChI=1S/C20H25ClN2O2/c1-3-19(15-4-6-16(21)7-5-15)23-11-8-17(9-12-23)22-20(24)18-10-13-25-14(18)2/h4-7,10,13,17,19H,3,8-9,11-12H2,1-2H3,(H,22,24). The van der Waals surface area contributed by atoms with Gasteiger partial charge >= 0.3 is 0 Å². The summed E-state index contributed by atoms with van der Waals surface area (Å²) in [5, 5.41) is 3.92. The molecule has 1 atom stereocenters. The summed E-state index contributed by atoms with van der Waals surface area (Å²) in [5.41, 5.74) is 1.94. The molecular formula is C20H25ClN2O2. The molecule has 2 heterocycles. The van der Waals surface area contributed by atoms with Gasteiger partial charge < -0.3 is 9.73 Å². The number of carbonyl (C=O) groups excluding carboxylic acids is 1. The predicted octanol–water partition coefficient (Wildman–Crippen LogP) is 4.59. The van der Waals surface area contributed by atoms with Crippen LogP contribution in [-0.2, 0) is 0 Å². The van der Waals surface area contributed by atoms with Crippen LogP contribution in [0.25, 0.3) is 0 Å². The second-order valence-corrected chi connectivity index (χ2v) is 7.09. The molecule has 1 unspecified atom stereocenters. The lowest BCUT2D eigenvalue weighted by Crippen LogP contribution is -2.45. The maximum atomic E-state index is 12.3. The molecule has 0 bridgehead atoms. The Balaban J connectivity index is 1.56. The maximum Gasteiger partial charge on any atom is 0.255 e. The van der Waals surface area contributed by atoms with Crippen molar-refractivity contribution in [3.8, 4) is 0 Å². The summed E-state index contributed by atoms with van der Waals surface area (Å²) in [4.78, 5) is 14.8. The van der Waals surface area contributed by atoms with Gasteiger partial charge in [-0.2, -0.15) is 0 Å². The monoisotopic (exact) mass is 360 g/mol. The predicted molar refractivity (Wildman–Crippen MR) is 100.0 cm³/mol. The number of piperidine rings is 1. The summed E-state index contributed by atoms with van der Waals surface area (Å²) in [7, 11) is 0. The minimum absolute atomic E-state index is 0.0329. The van der Waals surface area contributed by atoms with E-state index >= 15 is 0 Å². The van der Waals surface area contributed by atoms with Gasteiger partial charge in [-0.1, -0.05) is 30.7 Å². The van der Waals surface area contributed by atoms with E-state index in [4.69, 9.17) is 16.0 Å². The van der Waals surface area contributed by atoms with E-state index in [-0.39, 0.29) is 11.9 Å². The van der Waals surface area contributed by atoms with E-state index in [9.17, 15) is 4.79 Å². The van der Waals surface area contributed by atoms with Crippen LogP contribution in [0.1, 0.15) is 53.9 Å². The zero-order valence-corrected chi connectivity index (χ0v) is 15.6. The van der Waals surface area contributed by atoms with Gasteiger partial charge in [-0.25, -0.2) is 0 Å². The smallest absolute Gasteiger partial charge is 0.255 e. The number of benzene rings is 1. The molecule has 134 valence electrons. The molecule has 2 aromatic rings. The van der Waals surface area contributed by atoms with Gasteiger partial charge in [0.25, 0.3) is 5.91 Å². The fraction of sp³-hybridized carbons (Fsp3) is 0.450. The van der Waals surface area contributed by atoms with Gasteiger partial charge in [0.1, 0.15) is 5.76 Å². The number of rotatable bonds is 5. The highest BCUT2D eigenvalue weighted by Crippen LogP contribution is 2.28. The average Bonchev–Trinajstić information content (AvgIpc) is 3.05. The fourth-order valence-electron chi connectivity index (χ4n) is 3.63. The summed E-state index contributed by atoms with van der Waals surface area (Å²) in [6.07, 6.45) is 4.55. The van der Waals surface area contributed by atoms with E-state index in [2.05, 4.69) is 29.3 Å². The van der Waals surface area contributed by atoms with Crippen molar-refractivity contribution in [2.45, 2.75) is 45.2 Å². The lowest BCUT2D eigenvalue weighted by atomic mass is 9.97. The first-order chi connectivity index (χ1) is 12.1. The van der Waals surface area contributed by atoms with Crippen LogP contribution >= 0.6 is 11.6 Å². The zero-order valence-electron chi connectivity index (χ0n) is 14.8. The molecule has 0 saturated carbocycles. The van der Waals surface area contributed by atoms with Crippen LogP contribution in [0, 0.1) is 6.92 Å². The highest BCUT2D eigenvalue weighted by Gasteiger charge is 2.26. The molecule has 3 rings (SSSR count). The Labute approximate surface area is 154 Å². The lowest BCUT2D eigenvalue weighted by Gasteiger charge is -2.37. The molecule has 0 spiro atoms. The molecule has 1 saturated heterocycles. The van der Waals surface area contributed by atoms with Crippen LogP contribution in [0.4, 0.5) is 0 Å². The average molecular weight is 361 g/mol. The zero-order chi connectivity index (χ0) is 17.8. The molecule has 1 aromatic heterocycles. The van der Waals surface area contributed by atoms with Crippen LogP contribution in [0.5, 0.6) is 0 Å². The van der Waals surface area contributed by atoms with Crippen molar-refractivity contribution in [1.29, 1.82) is 0 Å². The van der Waals surface area contributed by atoms with Crippen LogP contribution in [0.3, 0.4) is 0 Å². The number of nitrogens with zero attached hydrogens (tertiary/aromatic N) is 1. The Kier molecular flexibility index (Phi) is 5.82. The van der Waals surface area contributed by atoms with Crippen molar-refractivity contribution in [2.75, 3.05) is 13.1 Å². The highest BCUT2D eigenvalue weighted by atomic mass is 35.5. The molecule has 1 N–H and O–H groups in total. The summed E-state index contributed by atoms with van der Waals surface area (Å²) < 4.78 is 5.22. The number of carbonyl (C=O) groups is 1. The molecule has 25 heavy (non-hydrogen) atoms. The Morgan fingerprint density at radius 2 is 1.96 bits per heavy atom. The largest absolute Gasteiger partial charge is 0.469 e. The fourth-order valence-corrected chi connectivity index (χ4v) is 3.75. The second-order valence-electron chi connectivity index (χ2n) is 6.65. The first kappa shape index (κ1) is 18.0. The molecule has 1 fully saturated rings. The van der Waals surface area contributed by atoms with Gasteiger partial charge in [0.15, 0.2) is 0 Å². The SMILES string of the molecule is CCC(c1ccc(Cl)cc1)N1CCC(NC(=O)c2ccoc2C)CC1. The number of amides is 1. The highest BCUT2D eigenvalue weighted by molar-refractivity contribution is 6.30. The van der Waals surface area contributed by atoms with Crippen LogP contribution < -0.4 is 5.32 Å². The van der Waals surface area contributed by atoms with Gasteiger partial charge in [0.05, 0.1) is 11.8 Å². The number of hydrogen-bond donors (Lipinski definition) is 1. The van der Waals surface area contributed by atoms with Gasteiger partial charge in [-0.3, -0.25) is 9.69 Å². The summed E-state index contributed by atoms with van der Waals surface area (Å²) in [5.74, 6) is 0.637. The number of aryl methyl sites for hydroxylation is 1. The van der Waals surface area contributed by atoms with Crippen molar-refractivity contribution in [1.82, 2.24) is 10.2 Å². The Morgan fingerprint density at radius 3 is 2.52 bits per heavy atom. The molecule has 0 aliphatic carbocycles. The van der Waals surface area contributed by atoms with Crippen LogP contribution in [0.15, 0.2) is 41.0 Å². The van der Waals surface area contributed by atoms with Gasteiger partial charge in [0, 0.05) is 30.2 Å².